The molecule has 1 heterocycles. The molecule has 11 heteroatoms. The highest BCUT2D eigenvalue weighted by molar-refractivity contribution is 5.57. The van der Waals surface area contributed by atoms with Crippen LogP contribution in [0.5, 0.6) is 5.75 Å². The molecular formula is C21H28N6O5. The summed E-state index contributed by atoms with van der Waals surface area (Å²) in [5, 5.41) is 24.8. The second-order valence-electron chi connectivity index (χ2n) is 7.64. The van der Waals surface area contributed by atoms with E-state index in [1.54, 1.807) is 12.1 Å². The van der Waals surface area contributed by atoms with Crippen molar-refractivity contribution in [3.8, 4) is 5.75 Å². The van der Waals surface area contributed by atoms with Gasteiger partial charge in [0.25, 0.3) is 11.4 Å². The van der Waals surface area contributed by atoms with Crippen LogP contribution in [0.2, 0.25) is 0 Å². The lowest BCUT2D eigenvalue weighted by Crippen LogP contribution is -2.28. The van der Waals surface area contributed by atoms with E-state index in [9.17, 15) is 20.2 Å². The largest absolute Gasteiger partial charge is 0.491 e. The zero-order chi connectivity index (χ0) is 22.9. The van der Waals surface area contributed by atoms with E-state index in [2.05, 4.69) is 15.1 Å². The average Bonchev–Trinajstić information content (AvgIpc) is 3.23. The summed E-state index contributed by atoms with van der Waals surface area (Å²) in [6, 6.07) is 10.6. The van der Waals surface area contributed by atoms with Gasteiger partial charge in [0.05, 0.1) is 34.9 Å². The minimum absolute atomic E-state index is 0.0348. The summed E-state index contributed by atoms with van der Waals surface area (Å²) < 4.78 is 5.64. The monoisotopic (exact) mass is 444 g/mol. The second kappa shape index (κ2) is 11.3. The molecule has 2 aromatic carbocycles. The maximum Gasteiger partial charge on any atom is 0.273 e. The Morgan fingerprint density at radius 1 is 0.938 bits per heavy atom. The molecule has 0 aliphatic carbocycles. The number of hydrogen-bond donors (Lipinski definition) is 2. The van der Waals surface area contributed by atoms with Crippen molar-refractivity contribution in [2.24, 2.45) is 0 Å². The van der Waals surface area contributed by atoms with Gasteiger partial charge in [-0.15, -0.1) is 0 Å². The Bertz CT molecular complexity index is 923. The molecule has 0 radical (unpaired) electrons. The summed E-state index contributed by atoms with van der Waals surface area (Å²) in [5.74, 6) is 0.350. The molecule has 2 aromatic rings. The summed E-state index contributed by atoms with van der Waals surface area (Å²) in [4.78, 5) is 25.4. The van der Waals surface area contributed by atoms with Crippen molar-refractivity contribution < 1.29 is 14.6 Å². The molecule has 0 spiro atoms. The number of nitro groups is 2. The number of anilines is 2. The van der Waals surface area contributed by atoms with Crippen molar-refractivity contribution in [1.82, 2.24) is 9.80 Å². The normalized spacial score (nSPS) is 14.4. The number of nitrogens with zero attached hydrogens (tertiary/aromatic N) is 4. The number of nitrogens with one attached hydrogen (secondary N) is 1. The molecule has 0 unspecified atom stereocenters. The van der Waals surface area contributed by atoms with Crippen molar-refractivity contribution in [3.05, 3.63) is 62.7 Å². The van der Waals surface area contributed by atoms with Gasteiger partial charge in [0.2, 0.25) is 0 Å². The molecule has 0 amide bonds. The van der Waals surface area contributed by atoms with E-state index in [0.717, 1.165) is 57.9 Å². The molecule has 3 N–H and O–H groups in total. The molecule has 1 aliphatic rings. The van der Waals surface area contributed by atoms with Gasteiger partial charge in [0.1, 0.15) is 5.75 Å². The molecule has 0 bridgehead atoms. The van der Waals surface area contributed by atoms with Gasteiger partial charge in [-0.25, -0.2) is 0 Å². The predicted octanol–water partition coefficient (Wildman–Crippen LogP) is 2.93. The van der Waals surface area contributed by atoms with Gasteiger partial charge in [-0.2, -0.15) is 0 Å². The molecule has 0 aromatic heterocycles. The highest BCUT2D eigenvalue weighted by Crippen LogP contribution is 2.26. The Hall–Kier alpha value is -3.44. The number of hydrogen-bond acceptors (Lipinski definition) is 9. The number of ether oxygens (including phenoxy) is 1. The molecular weight excluding hydrogens is 416 g/mol. The van der Waals surface area contributed by atoms with Gasteiger partial charge in [-0.05, 0) is 31.0 Å². The topological polar surface area (TPSA) is 140 Å². The fourth-order valence-electron chi connectivity index (χ4n) is 3.54. The van der Waals surface area contributed by atoms with Gasteiger partial charge in [0, 0.05) is 56.6 Å². The van der Waals surface area contributed by atoms with E-state index in [1.807, 2.05) is 0 Å². The summed E-state index contributed by atoms with van der Waals surface area (Å²) in [5.41, 5.74) is 7.16. The quantitative estimate of drug-likeness (QED) is 0.219. The first kappa shape index (κ1) is 23.2. The van der Waals surface area contributed by atoms with Crippen LogP contribution in [0.25, 0.3) is 0 Å². The van der Waals surface area contributed by atoms with Gasteiger partial charge in [-0.3, -0.25) is 30.0 Å². The lowest BCUT2D eigenvalue weighted by molar-refractivity contribution is -0.385. The highest BCUT2D eigenvalue weighted by atomic mass is 16.6. The lowest BCUT2D eigenvalue weighted by Gasteiger charge is -2.18. The summed E-state index contributed by atoms with van der Waals surface area (Å²) >= 11 is 0. The third-order valence-electron chi connectivity index (χ3n) is 5.28. The first-order valence-electron chi connectivity index (χ1n) is 10.5. The van der Waals surface area contributed by atoms with Crippen LogP contribution < -0.4 is 15.8 Å². The predicted molar refractivity (Wildman–Crippen MR) is 122 cm³/mol. The zero-order valence-corrected chi connectivity index (χ0v) is 17.8. The van der Waals surface area contributed by atoms with E-state index >= 15 is 0 Å². The lowest BCUT2D eigenvalue weighted by atomic mass is 10.2. The fraction of sp³-hybridized carbons (Fsp3) is 0.429. The molecule has 1 fully saturated rings. The van der Waals surface area contributed by atoms with Gasteiger partial charge < -0.3 is 15.8 Å². The van der Waals surface area contributed by atoms with E-state index in [1.165, 1.54) is 30.3 Å². The molecule has 172 valence electrons. The Kier molecular flexibility index (Phi) is 8.17. The summed E-state index contributed by atoms with van der Waals surface area (Å²) in [6.07, 6.45) is 1.78. The van der Waals surface area contributed by atoms with Crippen LogP contribution >= 0.6 is 0 Å². The zero-order valence-electron chi connectivity index (χ0n) is 17.8. The number of rotatable bonds is 12. The number of nitro benzene ring substituents is 2. The van der Waals surface area contributed by atoms with Crippen molar-refractivity contribution >= 4 is 22.7 Å². The summed E-state index contributed by atoms with van der Waals surface area (Å²) in [6.45, 7) is 6.00. The SMILES string of the molecule is Nc1ccc([N+](=O)[O-])cc1OCCCN1CCN(CCCNc2ccc([N+](=O)[O-])cc2)C1. The number of benzene rings is 2. The smallest absolute Gasteiger partial charge is 0.273 e. The van der Waals surface area contributed by atoms with E-state index in [-0.39, 0.29) is 11.4 Å². The van der Waals surface area contributed by atoms with Crippen LogP contribution in [0, 0.1) is 20.2 Å². The maximum atomic E-state index is 10.9. The molecule has 0 saturated carbocycles. The standard InChI is InChI=1S/C21H28N6O5/c22-20-8-7-19(27(30)31)15-21(20)32-14-2-11-25-13-12-24(16-25)10-1-9-23-17-3-5-18(6-4-17)26(28)29/h3-8,15,23H,1-2,9-14,16,22H2. The van der Waals surface area contributed by atoms with Crippen LogP contribution in [0.15, 0.2) is 42.5 Å². The van der Waals surface area contributed by atoms with Crippen LogP contribution in [-0.4, -0.2) is 65.6 Å². The third-order valence-corrected chi connectivity index (χ3v) is 5.28. The highest BCUT2D eigenvalue weighted by Gasteiger charge is 2.19. The molecule has 0 atom stereocenters. The van der Waals surface area contributed by atoms with Gasteiger partial charge in [0.15, 0.2) is 0 Å². The minimum atomic E-state index is -0.466. The first-order chi connectivity index (χ1) is 15.4. The minimum Gasteiger partial charge on any atom is -0.491 e. The molecule has 11 nitrogen and oxygen atoms in total. The van der Waals surface area contributed by atoms with Crippen LogP contribution in [0.4, 0.5) is 22.7 Å². The Morgan fingerprint density at radius 2 is 1.56 bits per heavy atom. The molecule has 3 rings (SSSR count). The Morgan fingerprint density at radius 3 is 2.22 bits per heavy atom. The van der Waals surface area contributed by atoms with E-state index < -0.39 is 9.85 Å². The Labute approximate surface area is 186 Å². The van der Waals surface area contributed by atoms with E-state index in [0.29, 0.717) is 18.0 Å². The number of nitrogens with two attached hydrogens (primary N) is 1. The number of nitrogen functional groups attached to an aromatic ring is 1. The molecule has 1 aliphatic heterocycles. The fourth-order valence-corrected chi connectivity index (χ4v) is 3.54. The van der Waals surface area contributed by atoms with Crippen molar-refractivity contribution in [1.29, 1.82) is 0 Å². The van der Waals surface area contributed by atoms with Crippen LogP contribution in [-0.2, 0) is 0 Å². The van der Waals surface area contributed by atoms with Crippen molar-refractivity contribution in [2.75, 3.05) is 57.0 Å². The number of non-ortho nitro benzene ring substituents is 2. The average molecular weight is 444 g/mol. The summed E-state index contributed by atoms with van der Waals surface area (Å²) in [7, 11) is 0. The van der Waals surface area contributed by atoms with Crippen molar-refractivity contribution in [3.63, 3.8) is 0 Å². The molecule has 1 saturated heterocycles. The maximum absolute atomic E-state index is 10.9. The van der Waals surface area contributed by atoms with Crippen molar-refractivity contribution in [2.45, 2.75) is 12.8 Å². The second-order valence-corrected chi connectivity index (χ2v) is 7.64. The van der Waals surface area contributed by atoms with Gasteiger partial charge in [-0.1, -0.05) is 0 Å². The van der Waals surface area contributed by atoms with Crippen LogP contribution in [0.1, 0.15) is 12.8 Å². The molecule has 32 heavy (non-hydrogen) atoms. The van der Waals surface area contributed by atoms with E-state index in [4.69, 9.17) is 10.5 Å². The Balaban J connectivity index is 1.28. The third kappa shape index (κ3) is 6.79. The van der Waals surface area contributed by atoms with Gasteiger partial charge >= 0.3 is 0 Å². The first-order valence-corrected chi connectivity index (χ1v) is 10.5. The van der Waals surface area contributed by atoms with Crippen LogP contribution in [0.3, 0.4) is 0 Å².